The first kappa shape index (κ1) is 14.5. The lowest BCUT2D eigenvalue weighted by molar-refractivity contribution is 0.102. The van der Waals surface area contributed by atoms with Crippen LogP contribution in [0.3, 0.4) is 0 Å². The Hall–Kier alpha value is -2.89. The second-order valence-corrected chi connectivity index (χ2v) is 4.48. The Kier molecular flexibility index (Phi) is 4.18. The minimum absolute atomic E-state index is 0.0809. The molecule has 0 radical (unpaired) electrons. The number of nitrogens with two attached hydrogens (primary N) is 1. The Bertz CT molecular complexity index is 714. The minimum atomic E-state index is -0.364. The van der Waals surface area contributed by atoms with E-state index in [1.54, 1.807) is 25.1 Å². The van der Waals surface area contributed by atoms with E-state index >= 15 is 0 Å². The molecule has 2 aromatic carbocycles. The number of hydrogen-bond donors (Lipinski definition) is 3. The van der Waals surface area contributed by atoms with Crippen LogP contribution in [0.25, 0.3) is 0 Å². The van der Waals surface area contributed by atoms with Crippen LogP contribution in [-0.4, -0.2) is 17.0 Å². The summed E-state index contributed by atoms with van der Waals surface area (Å²) in [5.41, 5.74) is 7.41. The summed E-state index contributed by atoms with van der Waals surface area (Å²) >= 11 is 0. The molecule has 0 aromatic heterocycles. The molecular weight excluding hydrogens is 273 g/mol. The molecule has 5 nitrogen and oxygen atoms in total. The molecule has 0 spiro atoms. The van der Waals surface area contributed by atoms with Crippen molar-refractivity contribution < 1.29 is 14.4 Å². The third kappa shape index (κ3) is 3.36. The van der Waals surface area contributed by atoms with Gasteiger partial charge in [0.1, 0.15) is 5.82 Å². The van der Waals surface area contributed by atoms with Gasteiger partial charge in [0.05, 0.1) is 0 Å². The maximum absolute atomic E-state index is 13.0. The number of rotatable bonds is 3. The van der Waals surface area contributed by atoms with Gasteiger partial charge in [-0.3, -0.25) is 4.79 Å². The Morgan fingerprint density at radius 1 is 1.24 bits per heavy atom. The number of amides is 1. The van der Waals surface area contributed by atoms with E-state index in [4.69, 9.17) is 10.9 Å². The van der Waals surface area contributed by atoms with Crippen LogP contribution >= 0.6 is 0 Å². The van der Waals surface area contributed by atoms with Gasteiger partial charge in [0.2, 0.25) is 0 Å². The average molecular weight is 287 g/mol. The summed E-state index contributed by atoms with van der Waals surface area (Å²) in [6.45, 7) is 1.70. The van der Waals surface area contributed by atoms with Crippen molar-refractivity contribution in [2.75, 3.05) is 5.32 Å². The largest absolute Gasteiger partial charge is 0.409 e. The van der Waals surface area contributed by atoms with Crippen LogP contribution in [0.4, 0.5) is 10.1 Å². The number of hydrogen-bond acceptors (Lipinski definition) is 3. The summed E-state index contributed by atoms with van der Waals surface area (Å²) in [6, 6.07) is 10.5. The smallest absolute Gasteiger partial charge is 0.255 e. The van der Waals surface area contributed by atoms with Gasteiger partial charge in [0.15, 0.2) is 5.84 Å². The molecule has 0 unspecified atom stereocenters. The van der Waals surface area contributed by atoms with E-state index in [-0.39, 0.29) is 17.6 Å². The second-order valence-electron chi connectivity index (χ2n) is 4.48. The second kappa shape index (κ2) is 6.04. The van der Waals surface area contributed by atoms with Crippen LogP contribution in [0.5, 0.6) is 0 Å². The van der Waals surface area contributed by atoms with Gasteiger partial charge in [0.25, 0.3) is 5.91 Å². The molecule has 4 N–H and O–H groups in total. The Morgan fingerprint density at radius 3 is 2.62 bits per heavy atom. The van der Waals surface area contributed by atoms with Crippen molar-refractivity contribution in [2.24, 2.45) is 10.9 Å². The van der Waals surface area contributed by atoms with Gasteiger partial charge in [-0.1, -0.05) is 17.3 Å². The third-order valence-corrected chi connectivity index (χ3v) is 2.96. The first-order valence-corrected chi connectivity index (χ1v) is 6.16. The van der Waals surface area contributed by atoms with Crippen LogP contribution in [-0.2, 0) is 0 Å². The van der Waals surface area contributed by atoms with Crippen molar-refractivity contribution in [3.05, 3.63) is 65.0 Å². The summed E-state index contributed by atoms with van der Waals surface area (Å²) in [7, 11) is 0. The quantitative estimate of drug-likeness (QED) is 0.351. The predicted molar refractivity (Wildman–Crippen MR) is 78.0 cm³/mol. The summed E-state index contributed by atoms with van der Waals surface area (Å²) in [6.07, 6.45) is 0. The highest BCUT2D eigenvalue weighted by atomic mass is 19.1. The molecular formula is C15H14FN3O2. The van der Waals surface area contributed by atoms with E-state index in [9.17, 15) is 9.18 Å². The number of anilines is 1. The monoisotopic (exact) mass is 287 g/mol. The number of amidine groups is 1. The van der Waals surface area contributed by atoms with E-state index in [2.05, 4.69) is 10.5 Å². The van der Waals surface area contributed by atoms with Gasteiger partial charge >= 0.3 is 0 Å². The molecule has 6 heteroatoms. The highest BCUT2D eigenvalue weighted by molar-refractivity contribution is 6.06. The highest BCUT2D eigenvalue weighted by Crippen LogP contribution is 2.17. The zero-order valence-corrected chi connectivity index (χ0v) is 11.3. The van der Waals surface area contributed by atoms with Crippen molar-refractivity contribution in [1.29, 1.82) is 0 Å². The minimum Gasteiger partial charge on any atom is -0.409 e. The lowest BCUT2D eigenvalue weighted by Crippen LogP contribution is -2.16. The Balaban J connectivity index is 2.24. The molecule has 0 bridgehead atoms. The van der Waals surface area contributed by atoms with E-state index in [0.29, 0.717) is 22.4 Å². The van der Waals surface area contributed by atoms with Gasteiger partial charge in [-0.25, -0.2) is 4.39 Å². The molecule has 2 rings (SSSR count). The number of nitrogens with zero attached hydrogens (tertiary/aromatic N) is 1. The third-order valence-electron chi connectivity index (χ3n) is 2.96. The molecule has 0 fully saturated rings. The van der Waals surface area contributed by atoms with Crippen LogP contribution in [0.15, 0.2) is 47.6 Å². The predicted octanol–water partition coefficient (Wildman–Crippen LogP) is 2.48. The first-order valence-electron chi connectivity index (χ1n) is 6.16. The number of carbonyl (C=O) groups excluding carboxylic acids is 1. The maximum atomic E-state index is 13.0. The molecule has 0 aliphatic carbocycles. The topological polar surface area (TPSA) is 87.7 Å². The number of benzene rings is 2. The van der Waals surface area contributed by atoms with Gasteiger partial charge in [0, 0.05) is 16.8 Å². The van der Waals surface area contributed by atoms with Crippen molar-refractivity contribution in [3.8, 4) is 0 Å². The molecule has 1 amide bonds. The van der Waals surface area contributed by atoms with Crippen molar-refractivity contribution in [1.82, 2.24) is 0 Å². The van der Waals surface area contributed by atoms with E-state index in [1.807, 2.05) is 0 Å². The fraction of sp³-hybridized carbons (Fsp3) is 0.0667. The molecule has 0 saturated heterocycles. The molecule has 0 aliphatic heterocycles. The SMILES string of the molecule is Cc1cc(F)ccc1NC(=O)c1cccc(/C(N)=N/O)c1. The highest BCUT2D eigenvalue weighted by Gasteiger charge is 2.10. The maximum Gasteiger partial charge on any atom is 0.255 e. The van der Waals surface area contributed by atoms with Crippen LogP contribution in [0.1, 0.15) is 21.5 Å². The molecule has 0 aliphatic rings. The standard InChI is InChI=1S/C15H14FN3O2/c1-9-7-12(16)5-6-13(9)18-15(20)11-4-2-3-10(8-11)14(17)19-21/h2-8,21H,1H3,(H2,17,19)(H,18,20). The van der Waals surface area contributed by atoms with Crippen LogP contribution < -0.4 is 11.1 Å². The van der Waals surface area contributed by atoms with Gasteiger partial charge in [-0.2, -0.15) is 0 Å². The zero-order chi connectivity index (χ0) is 15.4. The summed E-state index contributed by atoms with van der Waals surface area (Å²) < 4.78 is 13.0. The van der Waals surface area contributed by atoms with Crippen LogP contribution in [0.2, 0.25) is 0 Å². The summed E-state index contributed by atoms with van der Waals surface area (Å²) in [4.78, 5) is 12.2. The van der Waals surface area contributed by atoms with Crippen LogP contribution in [0, 0.1) is 12.7 Å². The molecule has 2 aromatic rings. The number of carbonyl (C=O) groups is 1. The van der Waals surface area contributed by atoms with Crippen molar-refractivity contribution in [2.45, 2.75) is 6.92 Å². The van der Waals surface area contributed by atoms with Gasteiger partial charge < -0.3 is 16.3 Å². The molecule has 0 atom stereocenters. The first-order chi connectivity index (χ1) is 10.0. The average Bonchev–Trinajstić information content (AvgIpc) is 2.49. The number of nitrogens with one attached hydrogen (secondary N) is 1. The fourth-order valence-electron chi connectivity index (χ4n) is 1.84. The zero-order valence-electron chi connectivity index (χ0n) is 11.3. The molecule has 108 valence electrons. The van der Waals surface area contributed by atoms with E-state index in [0.717, 1.165) is 0 Å². The molecule has 21 heavy (non-hydrogen) atoms. The normalized spacial score (nSPS) is 11.2. The summed E-state index contributed by atoms with van der Waals surface area (Å²) in [5.74, 6) is -0.806. The van der Waals surface area contributed by atoms with Crippen molar-refractivity contribution >= 4 is 17.4 Å². The number of aryl methyl sites for hydroxylation is 1. The number of halogens is 1. The summed E-state index contributed by atoms with van der Waals surface area (Å²) in [5, 5.41) is 14.2. The molecule has 0 saturated carbocycles. The Labute approximate surface area is 120 Å². The Morgan fingerprint density at radius 2 is 1.95 bits per heavy atom. The fourth-order valence-corrected chi connectivity index (χ4v) is 1.84. The lowest BCUT2D eigenvalue weighted by atomic mass is 10.1. The van der Waals surface area contributed by atoms with Crippen molar-refractivity contribution in [3.63, 3.8) is 0 Å². The van der Waals surface area contributed by atoms with Gasteiger partial charge in [-0.05, 0) is 42.8 Å². The van der Waals surface area contributed by atoms with E-state index < -0.39 is 0 Å². The molecule has 0 heterocycles. The van der Waals surface area contributed by atoms with E-state index in [1.165, 1.54) is 24.3 Å². The lowest BCUT2D eigenvalue weighted by Gasteiger charge is -2.09. The van der Waals surface area contributed by atoms with Gasteiger partial charge in [-0.15, -0.1) is 0 Å². The number of oxime groups is 1.